The van der Waals surface area contributed by atoms with Gasteiger partial charge in [0.05, 0.1) is 0 Å². The van der Waals surface area contributed by atoms with Crippen molar-refractivity contribution in [2.24, 2.45) is 5.84 Å². The molecule has 0 aliphatic heterocycles. The monoisotopic (exact) mass is 231 g/mol. The lowest BCUT2D eigenvalue weighted by Gasteiger charge is -2.28. The molecule has 15 heavy (non-hydrogen) atoms. The maximum absolute atomic E-state index is 11.2. The summed E-state index contributed by atoms with van der Waals surface area (Å²) in [6, 6.07) is 0.112. The van der Waals surface area contributed by atoms with Crippen LogP contribution in [0.15, 0.2) is 0 Å². The molecule has 0 radical (unpaired) electrons. The molecule has 2 unspecified atom stereocenters. The highest BCUT2D eigenvalue weighted by atomic mass is 32.2. The van der Waals surface area contributed by atoms with Crippen molar-refractivity contribution in [1.82, 2.24) is 10.7 Å². The maximum Gasteiger partial charge on any atom is 0.323 e. The Morgan fingerprint density at radius 1 is 1.33 bits per heavy atom. The van der Waals surface area contributed by atoms with Crippen LogP contribution in [0.5, 0.6) is 0 Å². The van der Waals surface area contributed by atoms with Gasteiger partial charge in [0.1, 0.15) is 0 Å². The first kappa shape index (κ1) is 12.3. The number of nitrogens with one attached hydrogen (secondary N) is 2. The van der Waals surface area contributed by atoms with E-state index in [0.29, 0.717) is 5.25 Å². The maximum atomic E-state index is 11.2. The Bertz CT molecular complexity index is 248. The summed E-state index contributed by atoms with van der Waals surface area (Å²) in [5.41, 5.74) is 1.82. The average molecular weight is 231 g/mol. The summed E-state index contributed by atoms with van der Waals surface area (Å²) >= 11 is 1.81. The molecule has 1 aliphatic carbocycles. The van der Waals surface area contributed by atoms with Crippen LogP contribution >= 0.6 is 11.8 Å². The zero-order valence-electron chi connectivity index (χ0n) is 8.79. The van der Waals surface area contributed by atoms with Crippen molar-refractivity contribution in [3.8, 4) is 0 Å². The zero-order chi connectivity index (χ0) is 11.3. The quantitative estimate of drug-likeness (QED) is 0.265. The van der Waals surface area contributed by atoms with Crippen molar-refractivity contribution in [3.63, 3.8) is 0 Å². The molecule has 86 valence electrons. The molecule has 1 rings (SSSR count). The fourth-order valence-corrected chi connectivity index (χ4v) is 2.63. The summed E-state index contributed by atoms with van der Waals surface area (Å²) < 4.78 is 0. The van der Waals surface area contributed by atoms with Gasteiger partial charge in [-0.25, -0.2) is 5.84 Å². The van der Waals surface area contributed by atoms with Crippen molar-refractivity contribution in [1.29, 1.82) is 0 Å². The van der Waals surface area contributed by atoms with Gasteiger partial charge in [0.2, 0.25) is 0 Å². The largest absolute Gasteiger partial charge is 0.345 e. The van der Waals surface area contributed by atoms with Gasteiger partial charge in [0.25, 0.3) is 0 Å². The number of carbonyl (C=O) groups is 2. The van der Waals surface area contributed by atoms with Gasteiger partial charge in [-0.1, -0.05) is 6.42 Å². The second kappa shape index (κ2) is 5.97. The Balaban J connectivity index is 2.37. The number of hydrogen-bond donors (Lipinski definition) is 3. The van der Waals surface area contributed by atoms with Crippen LogP contribution in [0, 0.1) is 0 Å². The lowest BCUT2D eigenvalue weighted by Crippen LogP contribution is -2.48. The number of thioether (sulfide) groups is 1. The highest BCUT2D eigenvalue weighted by Crippen LogP contribution is 2.26. The topological polar surface area (TPSA) is 84.2 Å². The van der Waals surface area contributed by atoms with E-state index in [1.807, 2.05) is 17.2 Å². The summed E-state index contributed by atoms with van der Waals surface area (Å²) in [6.07, 6.45) is 6.24. The van der Waals surface area contributed by atoms with Crippen molar-refractivity contribution >= 4 is 23.6 Å². The van der Waals surface area contributed by atoms with Crippen LogP contribution in [0.2, 0.25) is 0 Å². The van der Waals surface area contributed by atoms with E-state index in [1.54, 1.807) is 0 Å². The molecule has 2 amide bonds. The summed E-state index contributed by atoms with van der Waals surface area (Å²) in [4.78, 5) is 22.1. The highest BCUT2D eigenvalue weighted by molar-refractivity contribution is 7.99. The molecule has 1 aliphatic rings. The second-order valence-corrected chi connectivity index (χ2v) is 4.81. The van der Waals surface area contributed by atoms with E-state index in [-0.39, 0.29) is 6.04 Å². The summed E-state index contributed by atoms with van der Waals surface area (Å²) in [6.45, 7) is 0. The first-order valence-electron chi connectivity index (χ1n) is 5.01. The SMILES string of the molecule is CSC1CCCC(NC(=O)C(=O)NN)C1. The Labute approximate surface area is 93.5 Å². The van der Waals surface area contributed by atoms with Gasteiger partial charge in [0, 0.05) is 11.3 Å². The number of hydrogen-bond acceptors (Lipinski definition) is 4. The van der Waals surface area contributed by atoms with Crippen molar-refractivity contribution in [2.45, 2.75) is 37.0 Å². The van der Waals surface area contributed by atoms with Crippen LogP contribution < -0.4 is 16.6 Å². The molecule has 0 aromatic carbocycles. The molecule has 2 atom stereocenters. The third-order valence-corrected chi connectivity index (χ3v) is 3.73. The van der Waals surface area contributed by atoms with Gasteiger partial charge in [-0.15, -0.1) is 0 Å². The van der Waals surface area contributed by atoms with Crippen molar-refractivity contribution < 1.29 is 9.59 Å². The van der Waals surface area contributed by atoms with Crippen LogP contribution in [0.1, 0.15) is 25.7 Å². The average Bonchev–Trinajstić information content (AvgIpc) is 2.28. The molecule has 6 heteroatoms. The summed E-state index contributed by atoms with van der Waals surface area (Å²) in [7, 11) is 0. The Morgan fingerprint density at radius 2 is 2.07 bits per heavy atom. The molecule has 0 aromatic heterocycles. The minimum atomic E-state index is -0.777. The minimum absolute atomic E-state index is 0.112. The molecule has 0 saturated heterocycles. The molecule has 1 fully saturated rings. The van der Waals surface area contributed by atoms with Gasteiger partial charge in [-0.3, -0.25) is 15.0 Å². The Hall–Kier alpha value is -0.750. The van der Waals surface area contributed by atoms with Crippen molar-refractivity contribution in [3.05, 3.63) is 0 Å². The Morgan fingerprint density at radius 3 is 2.67 bits per heavy atom. The van der Waals surface area contributed by atoms with Crippen molar-refractivity contribution in [2.75, 3.05) is 6.26 Å². The molecule has 0 heterocycles. The number of rotatable bonds is 2. The van der Waals surface area contributed by atoms with E-state index in [0.717, 1.165) is 19.3 Å². The third kappa shape index (κ3) is 3.71. The molecule has 5 nitrogen and oxygen atoms in total. The lowest BCUT2D eigenvalue weighted by molar-refractivity contribution is -0.139. The van der Waals surface area contributed by atoms with E-state index in [4.69, 9.17) is 5.84 Å². The predicted molar refractivity (Wildman–Crippen MR) is 60.0 cm³/mol. The highest BCUT2D eigenvalue weighted by Gasteiger charge is 2.24. The predicted octanol–water partition coefficient (Wildman–Crippen LogP) is -0.233. The molecule has 0 aromatic rings. The van der Waals surface area contributed by atoms with Gasteiger partial charge >= 0.3 is 11.8 Å². The molecule has 4 N–H and O–H groups in total. The second-order valence-electron chi connectivity index (χ2n) is 3.67. The van der Waals surface area contributed by atoms with Gasteiger partial charge < -0.3 is 5.32 Å². The van der Waals surface area contributed by atoms with Crippen LogP contribution in [-0.2, 0) is 9.59 Å². The zero-order valence-corrected chi connectivity index (χ0v) is 9.60. The van der Waals surface area contributed by atoms with E-state index >= 15 is 0 Å². The van der Waals surface area contributed by atoms with Crippen LogP contribution in [0.4, 0.5) is 0 Å². The molecule has 0 bridgehead atoms. The van der Waals surface area contributed by atoms with E-state index in [1.165, 1.54) is 6.42 Å². The number of hydrazine groups is 1. The normalized spacial score (nSPS) is 25.7. The molecular formula is C9H17N3O2S. The van der Waals surface area contributed by atoms with Crippen LogP contribution in [0.3, 0.4) is 0 Å². The smallest absolute Gasteiger partial charge is 0.323 e. The number of nitrogens with two attached hydrogens (primary N) is 1. The number of amides is 2. The van der Waals surface area contributed by atoms with Gasteiger partial charge in [-0.05, 0) is 25.5 Å². The molecule has 1 saturated carbocycles. The number of carbonyl (C=O) groups excluding carboxylic acids is 2. The fourth-order valence-electron chi connectivity index (χ4n) is 1.81. The van der Waals surface area contributed by atoms with Crippen LogP contribution in [0.25, 0.3) is 0 Å². The standard InChI is InChI=1S/C9H17N3O2S/c1-15-7-4-2-3-6(5-7)11-8(13)9(14)12-10/h6-7H,2-5,10H2,1H3,(H,11,13)(H,12,14). The first-order chi connectivity index (χ1) is 7.17. The molecule has 0 spiro atoms. The van der Waals surface area contributed by atoms with Crippen LogP contribution in [-0.4, -0.2) is 29.4 Å². The molecular weight excluding hydrogens is 214 g/mol. The van der Waals surface area contributed by atoms with E-state index in [2.05, 4.69) is 11.6 Å². The fraction of sp³-hybridized carbons (Fsp3) is 0.778. The minimum Gasteiger partial charge on any atom is -0.345 e. The van der Waals surface area contributed by atoms with E-state index in [9.17, 15) is 9.59 Å². The third-order valence-electron chi connectivity index (χ3n) is 2.63. The first-order valence-corrected chi connectivity index (χ1v) is 6.30. The summed E-state index contributed by atoms with van der Waals surface area (Å²) in [5.74, 6) is 3.46. The lowest BCUT2D eigenvalue weighted by atomic mass is 9.95. The van der Waals surface area contributed by atoms with Gasteiger partial charge in [-0.2, -0.15) is 11.8 Å². The summed E-state index contributed by atoms with van der Waals surface area (Å²) in [5, 5.41) is 3.28. The van der Waals surface area contributed by atoms with Gasteiger partial charge in [0.15, 0.2) is 0 Å². The Kier molecular flexibility index (Phi) is 4.90. The van der Waals surface area contributed by atoms with E-state index < -0.39 is 11.8 Å².